The standard InChI is InChI=1S/C17H24O7.C17H28O7.C15H26O5.C12H22O5.C10H18O5/c1-5-16(2,3)13(18)23-11-9-6-10-12(11)24-15(20)17(10,7-9)14(19)22-8-21-4;1-4-17(2,3)16(20)22-11-14(18)21-10-15(19)24-12-23-13-8-6-5-7-9-13;1-4-15(2,3)14(17)18-10-13(16)20-11-19-12-8-6-5-7-9-12;1-6-12(4,5)11(14)15-7-10(13)17-8-16-9(2)3;1-5-10(2,3)9(12)14-6-8(11)15-7-13-4/h9-12H,5-8H2,1-4H3;13H,4-12H2,1-3H3;12H,4-11H2,1-3H3;9H,6-8H2,1-5H3;5-7H2,1-4H3. The van der Waals surface area contributed by atoms with Crippen molar-refractivity contribution in [1.29, 1.82) is 0 Å². The van der Waals surface area contributed by atoms with Gasteiger partial charge in [-0.2, -0.15) is 0 Å². The van der Waals surface area contributed by atoms with E-state index in [9.17, 15) is 57.5 Å². The molecule has 0 aromatic rings. The molecule has 5 aliphatic rings. The number of carbonyl (C=O) groups excluding carboxylic acids is 12. The fourth-order valence-electron chi connectivity index (χ4n) is 9.52. The van der Waals surface area contributed by atoms with Gasteiger partial charge in [0.15, 0.2) is 72.4 Å². The third-order valence-electron chi connectivity index (χ3n) is 18.4. The minimum atomic E-state index is -1.25. The van der Waals surface area contributed by atoms with E-state index in [1.165, 1.54) is 39.9 Å². The lowest BCUT2D eigenvalue weighted by Gasteiger charge is -2.32. The minimum Gasteiger partial charge on any atom is -0.458 e. The first-order chi connectivity index (χ1) is 46.8. The monoisotopic (exact) mass is 1430 g/mol. The van der Waals surface area contributed by atoms with Gasteiger partial charge in [-0.1, -0.05) is 73.1 Å². The number of esters is 12. The lowest BCUT2D eigenvalue weighted by Crippen LogP contribution is -2.46. The zero-order valence-electron chi connectivity index (χ0n) is 63.0. The molecule has 29 nitrogen and oxygen atoms in total. The van der Waals surface area contributed by atoms with Gasteiger partial charge in [0.2, 0.25) is 0 Å². The van der Waals surface area contributed by atoms with Crippen LogP contribution in [-0.4, -0.2) is 183 Å². The molecule has 100 heavy (non-hydrogen) atoms. The number of carbonyl (C=O) groups is 12. The van der Waals surface area contributed by atoms with E-state index in [0.717, 1.165) is 38.5 Å². The molecule has 0 spiro atoms. The van der Waals surface area contributed by atoms with Crippen LogP contribution in [0.1, 0.15) is 227 Å². The maximum Gasteiger partial charge on any atom is 0.346 e. The summed E-state index contributed by atoms with van der Waals surface area (Å²) in [5.74, 6) is -6.74. The third kappa shape index (κ3) is 32.2. The van der Waals surface area contributed by atoms with Crippen molar-refractivity contribution >= 4 is 71.6 Å². The molecule has 5 fully saturated rings. The summed E-state index contributed by atoms with van der Waals surface area (Å²) >= 11 is 0. The summed E-state index contributed by atoms with van der Waals surface area (Å²) in [6, 6.07) is 0. The van der Waals surface area contributed by atoms with Crippen LogP contribution in [-0.2, 0) is 138 Å². The van der Waals surface area contributed by atoms with Crippen LogP contribution in [0.4, 0.5) is 0 Å². The van der Waals surface area contributed by atoms with E-state index < -0.39 is 118 Å². The largest absolute Gasteiger partial charge is 0.458 e. The highest BCUT2D eigenvalue weighted by molar-refractivity contribution is 6.03. The number of hydrogen-bond acceptors (Lipinski definition) is 29. The lowest BCUT2D eigenvalue weighted by molar-refractivity contribution is -0.175. The van der Waals surface area contributed by atoms with Crippen molar-refractivity contribution in [1.82, 2.24) is 0 Å². The van der Waals surface area contributed by atoms with E-state index >= 15 is 0 Å². The predicted molar refractivity (Wildman–Crippen MR) is 355 cm³/mol. The molecule has 1 heterocycles. The van der Waals surface area contributed by atoms with Crippen LogP contribution in [0.5, 0.6) is 0 Å². The van der Waals surface area contributed by atoms with E-state index in [2.05, 4.69) is 9.47 Å². The van der Waals surface area contributed by atoms with E-state index in [1.807, 2.05) is 62.3 Å². The van der Waals surface area contributed by atoms with E-state index in [4.69, 9.17) is 71.1 Å². The zero-order chi connectivity index (χ0) is 76.1. The first-order valence-corrected chi connectivity index (χ1v) is 34.7. The van der Waals surface area contributed by atoms with E-state index in [0.29, 0.717) is 44.9 Å². The first-order valence-electron chi connectivity index (χ1n) is 34.7. The third-order valence-corrected chi connectivity index (χ3v) is 18.4. The zero-order valence-corrected chi connectivity index (χ0v) is 63.0. The second kappa shape index (κ2) is 45.4. The molecule has 0 amide bonds. The molecule has 0 aromatic carbocycles. The molecule has 1 saturated heterocycles. The molecular formula is C71H118O29. The average Bonchev–Trinajstić information content (AvgIpc) is 1.53. The van der Waals surface area contributed by atoms with Crippen LogP contribution >= 0.6 is 0 Å². The van der Waals surface area contributed by atoms with Crippen LogP contribution in [0, 0.1) is 44.3 Å². The molecule has 0 N–H and O–H groups in total. The van der Waals surface area contributed by atoms with Crippen LogP contribution < -0.4 is 0 Å². The molecule has 0 radical (unpaired) electrons. The predicted octanol–water partition coefficient (Wildman–Crippen LogP) is 9.61. The SMILES string of the molecule is CCC(C)(C)C(=O)OC1C2CC3C1OC(=O)C3(C(=O)OCOC)C2.CCC(C)(C)C(=O)OCC(=O)OCC(=O)OCOC1CCCCC1.CCC(C)(C)C(=O)OCC(=O)OCOC.CCC(C)(C)C(=O)OCC(=O)OCOC(C)C.CCC(C)(C)C(=O)OCC(=O)OCOC1CCCCC1. The lowest BCUT2D eigenvalue weighted by atomic mass is 9.73. The van der Waals surface area contributed by atoms with Crippen LogP contribution in [0.3, 0.4) is 0 Å². The summed E-state index contributed by atoms with van der Waals surface area (Å²) in [5.41, 5.74) is -4.21. The van der Waals surface area contributed by atoms with Gasteiger partial charge in [0, 0.05) is 26.1 Å². The number of ether oxygens (including phenoxy) is 17. The van der Waals surface area contributed by atoms with Crippen molar-refractivity contribution in [2.24, 2.45) is 44.3 Å². The van der Waals surface area contributed by atoms with Crippen molar-refractivity contribution in [2.75, 3.05) is 81.2 Å². The first kappa shape index (κ1) is 91.5. The van der Waals surface area contributed by atoms with Gasteiger partial charge in [-0.05, 0) is 154 Å². The maximum atomic E-state index is 12.4. The quantitative estimate of drug-likeness (QED) is 0.0246. The van der Waals surface area contributed by atoms with Gasteiger partial charge >= 0.3 is 71.6 Å². The highest BCUT2D eigenvalue weighted by atomic mass is 16.7. The molecular weight excluding hydrogens is 1320 g/mol. The number of fused-ring (bicyclic) bond motifs is 1. The van der Waals surface area contributed by atoms with Crippen molar-refractivity contribution in [3.8, 4) is 0 Å². The molecule has 4 aliphatic carbocycles. The molecule has 2 bridgehead atoms. The smallest absolute Gasteiger partial charge is 0.346 e. The fraction of sp³-hybridized carbons (Fsp3) is 0.831. The minimum absolute atomic E-state index is 0.00984. The summed E-state index contributed by atoms with van der Waals surface area (Å²) in [7, 11) is 2.81. The highest BCUT2D eigenvalue weighted by Gasteiger charge is 2.75. The Morgan fingerprint density at radius 3 is 1.10 bits per heavy atom. The highest BCUT2D eigenvalue weighted by Crippen LogP contribution is 2.63. The molecule has 5 unspecified atom stereocenters. The summed E-state index contributed by atoms with van der Waals surface area (Å²) in [6.07, 6.45) is 14.5. The average molecular weight is 1440 g/mol. The van der Waals surface area contributed by atoms with Crippen molar-refractivity contribution in [2.45, 2.75) is 257 Å². The number of methoxy groups -OCH3 is 2. The van der Waals surface area contributed by atoms with Gasteiger partial charge in [-0.15, -0.1) is 0 Å². The Bertz CT molecular complexity index is 2580. The van der Waals surface area contributed by atoms with Crippen molar-refractivity contribution in [3.63, 3.8) is 0 Å². The van der Waals surface area contributed by atoms with E-state index in [1.54, 1.807) is 55.4 Å². The Balaban J connectivity index is 0.000000633. The Morgan fingerprint density at radius 2 is 0.750 bits per heavy atom. The summed E-state index contributed by atoms with van der Waals surface area (Å²) in [5, 5.41) is 0. The molecule has 1 aliphatic heterocycles. The van der Waals surface area contributed by atoms with Gasteiger partial charge in [-0.3, -0.25) is 33.6 Å². The van der Waals surface area contributed by atoms with Crippen LogP contribution in [0.15, 0.2) is 0 Å². The van der Waals surface area contributed by atoms with E-state index in [-0.39, 0.29) is 95.9 Å². The molecule has 0 aromatic heterocycles. The van der Waals surface area contributed by atoms with Crippen LogP contribution in [0.25, 0.3) is 0 Å². The maximum absolute atomic E-state index is 12.4. The van der Waals surface area contributed by atoms with Gasteiger partial charge in [-0.25, -0.2) is 24.0 Å². The Morgan fingerprint density at radius 1 is 0.430 bits per heavy atom. The normalized spacial score (nSPS) is 19.5. The second-order valence-corrected chi connectivity index (χ2v) is 28.4. The topological polar surface area (TPSA) is 362 Å². The number of rotatable bonds is 35. The van der Waals surface area contributed by atoms with Crippen LogP contribution in [0.2, 0.25) is 0 Å². The fourth-order valence-corrected chi connectivity index (χ4v) is 9.52. The number of hydrogen-bond donors (Lipinski definition) is 0. The Kier molecular flexibility index (Phi) is 41.5. The van der Waals surface area contributed by atoms with Crippen molar-refractivity contribution < 1.29 is 138 Å². The Labute approximate surface area is 590 Å². The van der Waals surface area contributed by atoms with Gasteiger partial charge in [0.05, 0.1) is 45.4 Å². The second-order valence-electron chi connectivity index (χ2n) is 28.4. The van der Waals surface area contributed by atoms with Gasteiger partial charge in [0.1, 0.15) is 12.2 Å². The summed E-state index contributed by atoms with van der Waals surface area (Å²) in [4.78, 5) is 140. The summed E-state index contributed by atoms with van der Waals surface area (Å²) < 4.78 is 84.5. The Hall–Kier alpha value is -6.56. The summed E-state index contributed by atoms with van der Waals surface area (Å²) in [6.45, 7) is 28.1. The molecule has 4 saturated carbocycles. The van der Waals surface area contributed by atoms with Gasteiger partial charge in [0.25, 0.3) is 0 Å². The molecule has 29 heteroatoms. The molecule has 5 atom stereocenters. The van der Waals surface area contributed by atoms with Crippen molar-refractivity contribution in [3.05, 3.63) is 0 Å². The van der Waals surface area contributed by atoms with Gasteiger partial charge < -0.3 is 80.5 Å². The molecule has 576 valence electrons. The molecule has 5 rings (SSSR count).